The average Bonchev–Trinajstić information content (AvgIpc) is 3.77. The van der Waals surface area contributed by atoms with Gasteiger partial charge in [-0.15, -0.1) is 11.3 Å². The molecule has 45 heavy (non-hydrogen) atoms. The van der Waals surface area contributed by atoms with Gasteiger partial charge in [-0.25, -0.2) is 0 Å². The first kappa shape index (κ1) is 24.8. The van der Waals surface area contributed by atoms with E-state index >= 15 is 0 Å². The van der Waals surface area contributed by atoms with Crippen LogP contribution in [0.3, 0.4) is 0 Å². The molecule has 10 aromatic rings. The van der Waals surface area contributed by atoms with E-state index in [1.165, 1.54) is 69.7 Å². The number of hydrogen-bond donors (Lipinski definition) is 0. The molecular weight excluding hydrogens is 567 g/mol. The number of fused-ring (bicyclic) bond motifs is 10. The summed E-state index contributed by atoms with van der Waals surface area (Å²) in [7, 11) is 0. The van der Waals surface area contributed by atoms with Gasteiger partial charge in [0.25, 0.3) is 0 Å². The van der Waals surface area contributed by atoms with E-state index in [1.54, 1.807) is 0 Å². The molecule has 0 radical (unpaired) electrons. The van der Waals surface area contributed by atoms with Crippen LogP contribution in [0.25, 0.3) is 91.9 Å². The standard InChI is InChI=1S/C42H25NOS/c1-2-11-29(12-3-1)43-36-17-9-8-16-33(36)42-41(43)35-24-27(20-23-39(35)45-42)30-13-6-7-14-31(30)28-18-21-34-38(25-28)44-37-22-19-26-10-4-5-15-32(26)40(34)37/h1-25H. The highest BCUT2D eigenvalue weighted by molar-refractivity contribution is 7.26. The zero-order valence-corrected chi connectivity index (χ0v) is 25.0. The highest BCUT2D eigenvalue weighted by Gasteiger charge is 2.19. The first-order valence-electron chi connectivity index (χ1n) is 15.3. The Labute approximate surface area is 263 Å². The van der Waals surface area contributed by atoms with Gasteiger partial charge in [0, 0.05) is 31.9 Å². The third kappa shape index (κ3) is 3.62. The van der Waals surface area contributed by atoms with E-state index in [0.717, 1.165) is 22.1 Å². The molecule has 10 rings (SSSR count). The molecule has 0 amide bonds. The Morgan fingerprint density at radius 3 is 2.07 bits per heavy atom. The molecule has 0 N–H and O–H groups in total. The van der Waals surface area contributed by atoms with Crippen LogP contribution in [0.4, 0.5) is 0 Å². The molecule has 0 saturated heterocycles. The van der Waals surface area contributed by atoms with E-state index in [0.29, 0.717) is 0 Å². The summed E-state index contributed by atoms with van der Waals surface area (Å²) in [6.45, 7) is 0. The zero-order valence-electron chi connectivity index (χ0n) is 24.2. The van der Waals surface area contributed by atoms with Crippen LogP contribution in [0.2, 0.25) is 0 Å². The molecular formula is C42H25NOS. The summed E-state index contributed by atoms with van der Waals surface area (Å²) >= 11 is 1.88. The fourth-order valence-corrected chi connectivity index (χ4v) is 8.39. The van der Waals surface area contributed by atoms with Gasteiger partial charge in [0.1, 0.15) is 11.2 Å². The lowest BCUT2D eigenvalue weighted by atomic mass is 9.93. The average molecular weight is 592 g/mol. The minimum atomic E-state index is 0.913. The molecule has 0 spiro atoms. The van der Waals surface area contributed by atoms with Crippen LogP contribution < -0.4 is 0 Å². The summed E-state index contributed by atoms with van der Waals surface area (Å²) in [5.74, 6) is 0. The normalized spacial score (nSPS) is 12.0. The number of aromatic nitrogens is 1. The van der Waals surface area contributed by atoms with Crippen molar-refractivity contribution in [1.29, 1.82) is 0 Å². The van der Waals surface area contributed by atoms with Crippen LogP contribution in [0.15, 0.2) is 156 Å². The van der Waals surface area contributed by atoms with Gasteiger partial charge in [-0.3, -0.25) is 0 Å². The highest BCUT2D eigenvalue weighted by Crippen LogP contribution is 2.45. The largest absolute Gasteiger partial charge is 0.456 e. The van der Waals surface area contributed by atoms with Crippen LogP contribution in [-0.4, -0.2) is 4.57 Å². The molecule has 7 aromatic carbocycles. The molecule has 0 aliphatic rings. The Kier molecular flexibility index (Phi) is 5.19. The lowest BCUT2D eigenvalue weighted by Gasteiger charge is -2.11. The van der Waals surface area contributed by atoms with Crippen molar-refractivity contribution >= 4 is 75.3 Å². The van der Waals surface area contributed by atoms with E-state index in [2.05, 4.69) is 156 Å². The number of para-hydroxylation sites is 2. The van der Waals surface area contributed by atoms with E-state index in [1.807, 2.05) is 11.3 Å². The fraction of sp³-hybridized carbons (Fsp3) is 0. The molecule has 0 saturated carbocycles. The van der Waals surface area contributed by atoms with Gasteiger partial charge in [0.2, 0.25) is 0 Å². The van der Waals surface area contributed by atoms with Gasteiger partial charge in [-0.05, 0) is 81.6 Å². The Bertz CT molecular complexity index is 2760. The lowest BCUT2D eigenvalue weighted by Crippen LogP contribution is -1.93. The topological polar surface area (TPSA) is 18.1 Å². The third-order valence-corrected chi connectivity index (χ3v) is 10.4. The van der Waals surface area contributed by atoms with Gasteiger partial charge < -0.3 is 8.98 Å². The molecule has 0 aliphatic carbocycles. The molecule has 3 heterocycles. The molecule has 3 aromatic heterocycles. The van der Waals surface area contributed by atoms with Crippen molar-refractivity contribution in [3.63, 3.8) is 0 Å². The SMILES string of the molecule is c1ccc(-n2c3ccccc3c3sc4ccc(-c5ccccc5-c5ccc6c(c5)oc5ccc7ccccc7c56)cc4c32)cc1. The Balaban J connectivity index is 1.18. The number of benzene rings is 7. The van der Waals surface area contributed by atoms with Crippen molar-refractivity contribution in [2.45, 2.75) is 0 Å². The van der Waals surface area contributed by atoms with E-state index < -0.39 is 0 Å². The summed E-state index contributed by atoms with van der Waals surface area (Å²) in [6.07, 6.45) is 0. The maximum Gasteiger partial charge on any atom is 0.136 e. The van der Waals surface area contributed by atoms with Crippen molar-refractivity contribution in [3.8, 4) is 27.9 Å². The summed E-state index contributed by atoms with van der Waals surface area (Å²) in [6, 6.07) is 54.6. The predicted molar refractivity (Wildman–Crippen MR) is 192 cm³/mol. The second-order valence-electron chi connectivity index (χ2n) is 11.7. The van der Waals surface area contributed by atoms with Crippen LogP contribution >= 0.6 is 11.3 Å². The molecule has 0 aliphatic heterocycles. The van der Waals surface area contributed by atoms with Crippen molar-refractivity contribution in [1.82, 2.24) is 4.57 Å². The van der Waals surface area contributed by atoms with E-state index in [4.69, 9.17) is 4.42 Å². The second kappa shape index (κ2) is 9.43. The van der Waals surface area contributed by atoms with Gasteiger partial charge in [-0.1, -0.05) is 103 Å². The zero-order chi connectivity index (χ0) is 29.5. The number of hydrogen-bond acceptors (Lipinski definition) is 2. The smallest absolute Gasteiger partial charge is 0.136 e. The van der Waals surface area contributed by atoms with Gasteiger partial charge in [0.15, 0.2) is 0 Å². The summed E-state index contributed by atoms with van der Waals surface area (Å²) < 4.78 is 11.5. The monoisotopic (exact) mass is 591 g/mol. The van der Waals surface area contributed by atoms with Gasteiger partial charge >= 0.3 is 0 Å². The maximum absolute atomic E-state index is 6.45. The highest BCUT2D eigenvalue weighted by atomic mass is 32.1. The quantitative estimate of drug-likeness (QED) is 0.200. The molecule has 0 fully saturated rings. The van der Waals surface area contributed by atoms with Crippen molar-refractivity contribution in [3.05, 3.63) is 152 Å². The van der Waals surface area contributed by atoms with Gasteiger partial charge in [0.05, 0.1) is 15.7 Å². The number of nitrogens with zero attached hydrogens (tertiary/aromatic N) is 1. The number of furan rings is 1. The Morgan fingerprint density at radius 1 is 0.489 bits per heavy atom. The van der Waals surface area contributed by atoms with E-state index in [9.17, 15) is 0 Å². The minimum Gasteiger partial charge on any atom is -0.456 e. The summed E-state index contributed by atoms with van der Waals surface area (Å²) in [4.78, 5) is 0. The lowest BCUT2D eigenvalue weighted by molar-refractivity contribution is 0.669. The van der Waals surface area contributed by atoms with Crippen molar-refractivity contribution < 1.29 is 4.42 Å². The number of rotatable bonds is 3. The summed E-state index contributed by atoms with van der Waals surface area (Å²) in [5, 5.41) is 7.37. The van der Waals surface area contributed by atoms with Gasteiger partial charge in [-0.2, -0.15) is 0 Å². The molecule has 0 unspecified atom stereocenters. The predicted octanol–water partition coefficient (Wildman–Crippen LogP) is 12.4. The first-order valence-corrected chi connectivity index (χ1v) is 16.1. The molecule has 210 valence electrons. The second-order valence-corrected chi connectivity index (χ2v) is 12.7. The van der Waals surface area contributed by atoms with Crippen molar-refractivity contribution in [2.75, 3.05) is 0 Å². The minimum absolute atomic E-state index is 0.913. The summed E-state index contributed by atoms with van der Waals surface area (Å²) in [5.41, 5.74) is 10.3. The maximum atomic E-state index is 6.45. The molecule has 3 heteroatoms. The molecule has 0 atom stereocenters. The van der Waals surface area contributed by atoms with Crippen molar-refractivity contribution in [2.24, 2.45) is 0 Å². The van der Waals surface area contributed by atoms with Crippen LogP contribution in [0.1, 0.15) is 0 Å². The molecule has 0 bridgehead atoms. The Morgan fingerprint density at radius 2 is 1.20 bits per heavy atom. The first-order chi connectivity index (χ1) is 22.3. The third-order valence-electron chi connectivity index (χ3n) is 9.20. The Hall–Kier alpha value is -5.64. The number of thiophene rings is 1. The van der Waals surface area contributed by atoms with Crippen LogP contribution in [0.5, 0.6) is 0 Å². The van der Waals surface area contributed by atoms with Crippen LogP contribution in [0, 0.1) is 0 Å². The van der Waals surface area contributed by atoms with Crippen LogP contribution in [-0.2, 0) is 0 Å². The van der Waals surface area contributed by atoms with E-state index in [-0.39, 0.29) is 0 Å². The molecule has 2 nitrogen and oxygen atoms in total. The fourth-order valence-electron chi connectivity index (χ4n) is 7.18.